The molecule has 0 bridgehead atoms. The molecule has 0 amide bonds. The van der Waals surface area contributed by atoms with Crippen LogP contribution in [0.4, 0.5) is 0 Å². The molecule has 0 heterocycles. The Bertz CT molecular complexity index is 366. The second kappa shape index (κ2) is 8.94. The van der Waals surface area contributed by atoms with Crippen LogP contribution in [0.5, 0.6) is 5.75 Å². The average Bonchev–Trinajstić information content (AvgIpc) is 2.42. The minimum absolute atomic E-state index is 0.334. The minimum Gasteiger partial charge on any atom is -0.496 e. The van der Waals surface area contributed by atoms with Crippen molar-refractivity contribution in [1.29, 1.82) is 0 Å². The van der Waals surface area contributed by atoms with Crippen LogP contribution in [0.25, 0.3) is 0 Å². The summed E-state index contributed by atoms with van der Waals surface area (Å²) < 4.78 is 10.9. The molecule has 0 aromatic heterocycles. The molecule has 0 radical (unpaired) electrons. The van der Waals surface area contributed by atoms with E-state index in [2.05, 4.69) is 37.4 Å². The second-order valence-electron chi connectivity index (χ2n) is 4.69. The van der Waals surface area contributed by atoms with Crippen molar-refractivity contribution < 1.29 is 9.47 Å². The van der Waals surface area contributed by atoms with Gasteiger partial charge in [-0.25, -0.2) is 0 Å². The maximum absolute atomic E-state index is 5.48. The lowest BCUT2D eigenvalue weighted by atomic mass is 9.99. The summed E-state index contributed by atoms with van der Waals surface area (Å²) in [5.74, 6) is 0.966. The van der Waals surface area contributed by atoms with Crippen LogP contribution >= 0.6 is 0 Å². The first kappa shape index (κ1) is 16.0. The van der Waals surface area contributed by atoms with E-state index in [1.54, 1.807) is 7.11 Å². The van der Waals surface area contributed by atoms with Gasteiger partial charge in [-0.2, -0.15) is 0 Å². The molecule has 0 saturated carbocycles. The summed E-state index contributed by atoms with van der Waals surface area (Å²) in [6.45, 7) is 8.86. The lowest BCUT2D eigenvalue weighted by Crippen LogP contribution is -2.22. The summed E-state index contributed by atoms with van der Waals surface area (Å²) in [6.07, 6.45) is 2.12. The minimum atomic E-state index is 0.334. The van der Waals surface area contributed by atoms with Gasteiger partial charge in [-0.05, 0) is 39.3 Å². The van der Waals surface area contributed by atoms with Crippen LogP contribution in [-0.2, 0) is 4.74 Å². The van der Waals surface area contributed by atoms with Crippen LogP contribution in [0.15, 0.2) is 18.2 Å². The van der Waals surface area contributed by atoms with Crippen molar-refractivity contribution in [3.63, 3.8) is 0 Å². The Morgan fingerprint density at radius 1 is 1.26 bits per heavy atom. The lowest BCUT2D eigenvalue weighted by molar-refractivity contribution is 0.140. The molecule has 3 heteroatoms. The van der Waals surface area contributed by atoms with Crippen molar-refractivity contribution >= 4 is 0 Å². The van der Waals surface area contributed by atoms with Gasteiger partial charge in [0.15, 0.2) is 0 Å². The van der Waals surface area contributed by atoms with E-state index in [0.29, 0.717) is 6.04 Å². The Morgan fingerprint density at radius 2 is 2.05 bits per heavy atom. The van der Waals surface area contributed by atoms with Crippen LogP contribution in [0, 0.1) is 6.92 Å². The predicted molar refractivity (Wildman–Crippen MR) is 79.9 cm³/mol. The molecular formula is C16H27NO2. The maximum Gasteiger partial charge on any atom is 0.123 e. The maximum atomic E-state index is 5.48. The molecule has 3 nitrogen and oxygen atoms in total. The molecule has 0 saturated heterocycles. The highest BCUT2D eigenvalue weighted by atomic mass is 16.5. The fraction of sp³-hybridized carbons (Fsp3) is 0.625. The first-order valence-corrected chi connectivity index (χ1v) is 7.18. The summed E-state index contributed by atoms with van der Waals surface area (Å²) in [7, 11) is 1.73. The number of methoxy groups -OCH3 is 1. The van der Waals surface area contributed by atoms with Gasteiger partial charge in [0.2, 0.25) is 0 Å². The van der Waals surface area contributed by atoms with Crippen LogP contribution in [0.3, 0.4) is 0 Å². The van der Waals surface area contributed by atoms with Crippen molar-refractivity contribution in [2.75, 3.05) is 26.9 Å². The summed E-state index contributed by atoms with van der Waals surface area (Å²) in [5.41, 5.74) is 2.52. The molecule has 0 aliphatic rings. The van der Waals surface area contributed by atoms with Crippen molar-refractivity contribution in [1.82, 2.24) is 5.32 Å². The van der Waals surface area contributed by atoms with Gasteiger partial charge in [-0.3, -0.25) is 0 Å². The van der Waals surface area contributed by atoms with Gasteiger partial charge < -0.3 is 14.8 Å². The average molecular weight is 265 g/mol. The Kier molecular flexibility index (Phi) is 7.53. The number of hydrogen-bond acceptors (Lipinski definition) is 3. The van der Waals surface area contributed by atoms with Gasteiger partial charge in [-0.15, -0.1) is 0 Å². The molecule has 0 aliphatic heterocycles. The number of hydrogen-bond donors (Lipinski definition) is 1. The van der Waals surface area contributed by atoms with Crippen molar-refractivity contribution in [2.45, 2.75) is 39.7 Å². The van der Waals surface area contributed by atoms with E-state index >= 15 is 0 Å². The van der Waals surface area contributed by atoms with E-state index in [1.807, 2.05) is 6.92 Å². The fourth-order valence-electron chi connectivity index (χ4n) is 2.27. The van der Waals surface area contributed by atoms with Crippen molar-refractivity contribution in [2.24, 2.45) is 0 Å². The zero-order valence-corrected chi connectivity index (χ0v) is 12.7. The van der Waals surface area contributed by atoms with E-state index in [4.69, 9.17) is 9.47 Å². The molecule has 1 atom stereocenters. The van der Waals surface area contributed by atoms with Crippen molar-refractivity contribution in [3.8, 4) is 5.75 Å². The van der Waals surface area contributed by atoms with Gasteiger partial charge in [0, 0.05) is 24.8 Å². The predicted octanol–water partition coefficient (Wildman–Crippen LogP) is 3.47. The highest BCUT2D eigenvalue weighted by molar-refractivity contribution is 5.39. The van der Waals surface area contributed by atoms with Crippen LogP contribution in [0.1, 0.15) is 43.9 Å². The van der Waals surface area contributed by atoms with E-state index in [9.17, 15) is 0 Å². The quantitative estimate of drug-likeness (QED) is 0.693. The smallest absolute Gasteiger partial charge is 0.123 e. The zero-order chi connectivity index (χ0) is 14.1. The zero-order valence-electron chi connectivity index (χ0n) is 12.7. The van der Waals surface area contributed by atoms with Crippen molar-refractivity contribution in [3.05, 3.63) is 29.3 Å². The summed E-state index contributed by atoms with van der Waals surface area (Å²) in [6, 6.07) is 6.69. The lowest BCUT2D eigenvalue weighted by Gasteiger charge is -2.21. The molecule has 1 aromatic rings. The number of rotatable bonds is 9. The molecule has 108 valence electrons. The Balaban J connectivity index is 2.76. The molecule has 0 aliphatic carbocycles. The van der Waals surface area contributed by atoms with Crippen LogP contribution in [-0.4, -0.2) is 26.9 Å². The highest BCUT2D eigenvalue weighted by Gasteiger charge is 2.15. The summed E-state index contributed by atoms with van der Waals surface area (Å²) >= 11 is 0. The van der Waals surface area contributed by atoms with Gasteiger partial charge in [-0.1, -0.05) is 24.6 Å². The third-order valence-electron chi connectivity index (χ3n) is 3.20. The van der Waals surface area contributed by atoms with Gasteiger partial charge >= 0.3 is 0 Å². The van der Waals surface area contributed by atoms with E-state index in [1.165, 1.54) is 11.1 Å². The number of nitrogens with one attached hydrogen (secondary N) is 1. The standard InChI is InChI=1S/C16H27NO2/c1-5-17-15(8-7-11-19-6-2)14-12-13(3)9-10-16(14)18-4/h9-10,12,15,17H,5-8,11H2,1-4H3. The Labute approximate surface area is 117 Å². The monoisotopic (exact) mass is 265 g/mol. The molecule has 1 aromatic carbocycles. The highest BCUT2D eigenvalue weighted by Crippen LogP contribution is 2.29. The number of aryl methyl sites for hydroxylation is 1. The normalized spacial score (nSPS) is 12.4. The molecule has 0 spiro atoms. The number of benzene rings is 1. The fourth-order valence-corrected chi connectivity index (χ4v) is 2.27. The van der Waals surface area contributed by atoms with Gasteiger partial charge in [0.1, 0.15) is 5.75 Å². The SMILES string of the molecule is CCNC(CCCOCC)c1cc(C)ccc1OC. The molecular weight excluding hydrogens is 238 g/mol. The molecule has 0 fully saturated rings. The molecule has 1 unspecified atom stereocenters. The third kappa shape index (κ3) is 5.21. The second-order valence-corrected chi connectivity index (χ2v) is 4.69. The first-order valence-electron chi connectivity index (χ1n) is 7.18. The van der Waals surface area contributed by atoms with Gasteiger partial charge in [0.25, 0.3) is 0 Å². The van der Waals surface area contributed by atoms with E-state index < -0.39 is 0 Å². The Morgan fingerprint density at radius 3 is 2.68 bits per heavy atom. The Hall–Kier alpha value is -1.06. The molecule has 1 N–H and O–H groups in total. The van der Waals surface area contributed by atoms with Gasteiger partial charge in [0.05, 0.1) is 7.11 Å². The third-order valence-corrected chi connectivity index (χ3v) is 3.20. The topological polar surface area (TPSA) is 30.5 Å². The largest absolute Gasteiger partial charge is 0.496 e. The first-order chi connectivity index (χ1) is 9.22. The van der Waals surface area contributed by atoms with Crippen LogP contribution in [0.2, 0.25) is 0 Å². The van der Waals surface area contributed by atoms with E-state index in [-0.39, 0.29) is 0 Å². The summed E-state index contributed by atoms with van der Waals surface area (Å²) in [4.78, 5) is 0. The van der Waals surface area contributed by atoms with E-state index in [0.717, 1.165) is 38.3 Å². The summed E-state index contributed by atoms with van der Waals surface area (Å²) in [5, 5.41) is 3.54. The molecule has 1 rings (SSSR count). The van der Waals surface area contributed by atoms with Crippen LogP contribution < -0.4 is 10.1 Å². The molecule has 19 heavy (non-hydrogen) atoms. The number of ether oxygens (including phenoxy) is 2.